The third-order valence-electron chi connectivity index (χ3n) is 4.21. The number of sulfone groups is 1. The lowest BCUT2D eigenvalue weighted by atomic mass is 10.2. The van der Waals surface area contributed by atoms with E-state index >= 15 is 0 Å². The zero-order valence-corrected chi connectivity index (χ0v) is 16.2. The van der Waals surface area contributed by atoms with Gasteiger partial charge in [0.05, 0.1) is 22.3 Å². The van der Waals surface area contributed by atoms with Crippen LogP contribution in [-0.2, 0) is 14.6 Å². The van der Waals surface area contributed by atoms with E-state index < -0.39 is 15.1 Å². The van der Waals surface area contributed by atoms with E-state index in [9.17, 15) is 13.2 Å². The van der Waals surface area contributed by atoms with Crippen molar-refractivity contribution in [3.05, 3.63) is 24.5 Å². The smallest absolute Gasteiger partial charge is 0.277 e. The molecule has 2 aromatic rings. The van der Waals surface area contributed by atoms with Gasteiger partial charge >= 0.3 is 0 Å². The number of hydrogen-bond acceptors (Lipinski definition) is 8. The standard InChI is InChI=1S/C16H20N4O4S2/c1-3-20(13-6-8-26(22,23)10-13)15(21)11(2)25-16-19-18-14(24-16)12-5-4-7-17-9-12/h4-5,7,9,11,13H,3,6,8,10H2,1-2H3/t11-,13+/m1/s1. The Morgan fingerprint density at radius 3 is 2.88 bits per heavy atom. The van der Waals surface area contributed by atoms with Crippen molar-refractivity contribution in [2.45, 2.75) is 36.8 Å². The van der Waals surface area contributed by atoms with E-state index in [1.165, 1.54) is 11.8 Å². The van der Waals surface area contributed by atoms with Crippen LogP contribution in [0, 0.1) is 0 Å². The first-order valence-corrected chi connectivity index (χ1v) is 11.0. The molecule has 3 rings (SSSR count). The van der Waals surface area contributed by atoms with Crippen LogP contribution in [0.15, 0.2) is 34.2 Å². The zero-order chi connectivity index (χ0) is 18.7. The van der Waals surface area contributed by atoms with Crippen molar-refractivity contribution in [3.8, 4) is 11.5 Å². The Morgan fingerprint density at radius 1 is 1.46 bits per heavy atom. The van der Waals surface area contributed by atoms with Crippen LogP contribution >= 0.6 is 11.8 Å². The second-order valence-corrected chi connectivity index (χ2v) is 9.58. The van der Waals surface area contributed by atoms with Crippen molar-refractivity contribution >= 4 is 27.5 Å². The highest BCUT2D eigenvalue weighted by molar-refractivity contribution is 8.00. The van der Waals surface area contributed by atoms with Gasteiger partial charge in [-0.2, -0.15) is 0 Å². The van der Waals surface area contributed by atoms with Crippen LogP contribution in [-0.4, -0.2) is 63.7 Å². The molecule has 2 atom stereocenters. The molecular formula is C16H20N4O4S2. The highest BCUT2D eigenvalue weighted by Crippen LogP contribution is 2.28. The number of nitrogens with zero attached hydrogens (tertiary/aromatic N) is 4. The van der Waals surface area contributed by atoms with Gasteiger partial charge in [-0.25, -0.2) is 8.42 Å². The van der Waals surface area contributed by atoms with Gasteiger partial charge in [0.25, 0.3) is 5.22 Å². The van der Waals surface area contributed by atoms with Gasteiger partial charge in [-0.15, -0.1) is 10.2 Å². The number of pyridine rings is 1. The number of amides is 1. The fraction of sp³-hybridized carbons (Fsp3) is 0.500. The van der Waals surface area contributed by atoms with Crippen molar-refractivity contribution < 1.29 is 17.6 Å². The average molecular weight is 396 g/mol. The van der Waals surface area contributed by atoms with Crippen LogP contribution in [0.3, 0.4) is 0 Å². The van der Waals surface area contributed by atoms with E-state index in [0.717, 1.165) is 0 Å². The molecule has 1 aliphatic rings. The van der Waals surface area contributed by atoms with E-state index in [-0.39, 0.29) is 23.5 Å². The predicted molar refractivity (Wildman–Crippen MR) is 97.3 cm³/mol. The molecule has 0 aromatic carbocycles. The lowest BCUT2D eigenvalue weighted by Gasteiger charge is -2.28. The summed E-state index contributed by atoms with van der Waals surface area (Å²) in [6.45, 7) is 4.08. The number of aromatic nitrogens is 3. The molecule has 8 nitrogen and oxygen atoms in total. The molecular weight excluding hydrogens is 376 g/mol. The van der Waals surface area contributed by atoms with Crippen molar-refractivity contribution in [2.24, 2.45) is 0 Å². The molecule has 1 aliphatic heterocycles. The van der Waals surface area contributed by atoms with Crippen LogP contribution in [0.5, 0.6) is 0 Å². The van der Waals surface area contributed by atoms with E-state index in [4.69, 9.17) is 4.42 Å². The Labute approximate surface area is 156 Å². The summed E-state index contributed by atoms with van der Waals surface area (Å²) in [5.74, 6) is 0.395. The zero-order valence-electron chi connectivity index (χ0n) is 14.5. The average Bonchev–Trinajstić information content (AvgIpc) is 3.22. The van der Waals surface area contributed by atoms with Crippen LogP contribution < -0.4 is 0 Å². The van der Waals surface area contributed by atoms with Crippen LogP contribution in [0.2, 0.25) is 0 Å². The van der Waals surface area contributed by atoms with Gasteiger partial charge in [-0.3, -0.25) is 9.78 Å². The summed E-state index contributed by atoms with van der Waals surface area (Å²) >= 11 is 1.17. The molecule has 1 fully saturated rings. The van der Waals surface area contributed by atoms with Gasteiger partial charge < -0.3 is 9.32 Å². The molecule has 140 valence electrons. The van der Waals surface area contributed by atoms with Gasteiger partial charge in [-0.05, 0) is 32.4 Å². The minimum atomic E-state index is -3.04. The minimum Gasteiger partial charge on any atom is -0.411 e. The molecule has 1 saturated heterocycles. The lowest BCUT2D eigenvalue weighted by Crippen LogP contribution is -2.44. The van der Waals surface area contributed by atoms with Gasteiger partial charge in [0, 0.05) is 25.0 Å². The summed E-state index contributed by atoms with van der Waals surface area (Å²) in [4.78, 5) is 18.4. The van der Waals surface area contributed by atoms with Crippen molar-refractivity contribution in [1.82, 2.24) is 20.1 Å². The van der Waals surface area contributed by atoms with E-state index in [2.05, 4.69) is 15.2 Å². The summed E-state index contributed by atoms with van der Waals surface area (Å²) in [6, 6.07) is 3.32. The van der Waals surface area contributed by atoms with Crippen molar-refractivity contribution in [3.63, 3.8) is 0 Å². The summed E-state index contributed by atoms with van der Waals surface area (Å²) in [7, 11) is -3.04. The molecule has 3 heterocycles. The highest BCUT2D eigenvalue weighted by atomic mass is 32.2. The molecule has 26 heavy (non-hydrogen) atoms. The molecule has 10 heteroatoms. The maximum Gasteiger partial charge on any atom is 0.277 e. The Morgan fingerprint density at radius 2 is 2.27 bits per heavy atom. The Bertz CT molecular complexity index is 869. The molecule has 0 N–H and O–H groups in total. The maximum atomic E-state index is 12.8. The highest BCUT2D eigenvalue weighted by Gasteiger charge is 2.35. The molecule has 0 aliphatic carbocycles. The maximum absolute atomic E-state index is 12.8. The molecule has 0 spiro atoms. The Hall–Kier alpha value is -1.94. The summed E-state index contributed by atoms with van der Waals surface area (Å²) < 4.78 is 29.0. The molecule has 0 saturated carbocycles. The van der Waals surface area contributed by atoms with Gasteiger partial charge in [0.1, 0.15) is 0 Å². The normalized spacial score (nSPS) is 20.0. The fourth-order valence-electron chi connectivity index (χ4n) is 2.91. The molecule has 2 aromatic heterocycles. The first-order valence-electron chi connectivity index (χ1n) is 8.31. The Balaban J connectivity index is 1.66. The molecule has 1 amide bonds. The number of carbonyl (C=O) groups is 1. The second kappa shape index (κ2) is 7.75. The third-order valence-corrected chi connectivity index (χ3v) is 6.89. The van der Waals surface area contributed by atoms with Crippen LogP contribution in [0.25, 0.3) is 11.5 Å². The number of carbonyl (C=O) groups excluding carboxylic acids is 1. The molecule has 0 bridgehead atoms. The topological polar surface area (TPSA) is 106 Å². The number of rotatable bonds is 6. The summed E-state index contributed by atoms with van der Waals surface area (Å²) in [6.07, 6.45) is 3.76. The summed E-state index contributed by atoms with van der Waals surface area (Å²) in [5, 5.41) is 7.78. The third kappa shape index (κ3) is 4.24. The monoisotopic (exact) mass is 396 g/mol. The first kappa shape index (κ1) is 18.8. The quantitative estimate of drug-likeness (QED) is 0.679. The predicted octanol–water partition coefficient (Wildman–Crippen LogP) is 1.65. The SMILES string of the molecule is CCN(C(=O)[C@@H](C)Sc1nnc(-c2cccnc2)o1)[C@H]1CCS(=O)(=O)C1. The van der Waals surface area contributed by atoms with E-state index in [0.29, 0.717) is 29.6 Å². The number of thioether (sulfide) groups is 1. The van der Waals surface area contributed by atoms with Crippen LogP contribution in [0.1, 0.15) is 20.3 Å². The molecule has 0 radical (unpaired) electrons. The largest absolute Gasteiger partial charge is 0.411 e. The van der Waals surface area contributed by atoms with Gasteiger partial charge in [0.15, 0.2) is 9.84 Å². The van der Waals surface area contributed by atoms with Gasteiger partial charge in [0.2, 0.25) is 11.8 Å². The van der Waals surface area contributed by atoms with Crippen molar-refractivity contribution in [1.29, 1.82) is 0 Å². The fourth-order valence-corrected chi connectivity index (χ4v) is 5.40. The lowest BCUT2D eigenvalue weighted by molar-refractivity contribution is -0.131. The number of hydrogen-bond donors (Lipinski definition) is 0. The molecule has 0 unspecified atom stereocenters. The second-order valence-electron chi connectivity index (χ2n) is 6.06. The Kier molecular flexibility index (Phi) is 5.61. The van der Waals surface area contributed by atoms with Crippen molar-refractivity contribution in [2.75, 3.05) is 18.1 Å². The van der Waals surface area contributed by atoms with E-state index in [1.807, 2.05) is 13.0 Å². The van der Waals surface area contributed by atoms with Gasteiger partial charge in [-0.1, -0.05) is 11.8 Å². The first-order chi connectivity index (χ1) is 12.4. The van der Waals surface area contributed by atoms with E-state index in [1.54, 1.807) is 30.3 Å². The summed E-state index contributed by atoms with van der Waals surface area (Å²) in [5.41, 5.74) is 0.706. The van der Waals surface area contributed by atoms with Crippen LogP contribution in [0.4, 0.5) is 0 Å². The minimum absolute atomic E-state index is 0.0374.